The summed E-state index contributed by atoms with van der Waals surface area (Å²) in [4.78, 5) is 11.9. The van der Waals surface area contributed by atoms with Crippen LogP contribution >= 0.6 is 0 Å². The lowest BCUT2D eigenvalue weighted by Crippen LogP contribution is -2.18. The van der Waals surface area contributed by atoms with Gasteiger partial charge in [0.15, 0.2) is 15.4 Å². The molecule has 0 radical (unpaired) electrons. The molecule has 1 heterocycles. The molecule has 28 heavy (non-hydrogen) atoms. The van der Waals surface area contributed by atoms with Gasteiger partial charge in [-0.25, -0.2) is 13.0 Å². The second kappa shape index (κ2) is 7.46. The fraction of sp³-hybridized carbons (Fsp3) is 0.188. The summed E-state index contributed by atoms with van der Waals surface area (Å²) in [6.07, 6.45) is -5.19. The summed E-state index contributed by atoms with van der Waals surface area (Å²) in [5.74, 6) is -1.57. The van der Waals surface area contributed by atoms with Crippen molar-refractivity contribution in [3.63, 3.8) is 0 Å². The number of halogens is 3. The molecule has 0 bridgehead atoms. The first kappa shape index (κ1) is 19.6. The minimum absolute atomic E-state index is 0.0724. The predicted molar refractivity (Wildman–Crippen MR) is 90.2 cm³/mol. The highest BCUT2D eigenvalue weighted by atomic mass is 32.2. The van der Waals surface area contributed by atoms with E-state index in [4.69, 9.17) is 0 Å². The molecule has 1 aromatic heterocycles. The van der Waals surface area contributed by atoms with Crippen molar-refractivity contribution in [1.82, 2.24) is 10.3 Å². The van der Waals surface area contributed by atoms with Crippen molar-refractivity contribution in [2.75, 3.05) is 11.1 Å². The van der Waals surface area contributed by atoms with Crippen molar-refractivity contribution in [2.24, 2.45) is 0 Å². The molecular weight excluding hydrogens is 403 g/mol. The number of hydrogen-bond donors (Lipinski definition) is 1. The molecule has 0 aliphatic carbocycles. The van der Waals surface area contributed by atoms with Gasteiger partial charge >= 0.3 is 6.36 Å². The van der Waals surface area contributed by atoms with E-state index in [0.29, 0.717) is 0 Å². The highest BCUT2D eigenvalue weighted by molar-refractivity contribution is 7.91. The lowest BCUT2D eigenvalue weighted by molar-refractivity contribution is -0.274. The van der Waals surface area contributed by atoms with Crippen LogP contribution in [0.1, 0.15) is 6.42 Å². The third-order valence-corrected chi connectivity index (χ3v) is 5.29. The van der Waals surface area contributed by atoms with Crippen molar-refractivity contribution in [3.05, 3.63) is 42.5 Å². The predicted octanol–water partition coefficient (Wildman–Crippen LogP) is 2.92. The largest absolute Gasteiger partial charge is 0.573 e. The summed E-state index contributed by atoms with van der Waals surface area (Å²) in [5.41, 5.74) is 0.537. The normalized spacial score (nSPS) is 12.1. The monoisotopic (exact) mass is 415 g/mol. The molecular formula is C16H12F3N3O5S. The van der Waals surface area contributed by atoms with Crippen LogP contribution in [0.2, 0.25) is 0 Å². The van der Waals surface area contributed by atoms with Gasteiger partial charge < -0.3 is 10.1 Å². The van der Waals surface area contributed by atoms with Gasteiger partial charge in [-0.2, -0.15) is 0 Å². The molecule has 1 amide bonds. The highest BCUT2D eigenvalue weighted by Crippen LogP contribution is 2.24. The molecule has 2 aromatic carbocycles. The Balaban J connectivity index is 1.61. The highest BCUT2D eigenvalue weighted by Gasteiger charge is 2.31. The molecule has 1 N–H and O–H groups in total. The lowest BCUT2D eigenvalue weighted by Gasteiger charge is -2.10. The minimum Gasteiger partial charge on any atom is -0.406 e. The van der Waals surface area contributed by atoms with E-state index < -0.39 is 33.6 Å². The van der Waals surface area contributed by atoms with Crippen LogP contribution in [0.4, 0.5) is 18.9 Å². The van der Waals surface area contributed by atoms with Gasteiger partial charge in [0.05, 0.1) is 10.6 Å². The number of nitrogens with one attached hydrogen (secondary N) is 1. The Morgan fingerprint density at radius 3 is 2.50 bits per heavy atom. The second-order valence-corrected chi connectivity index (χ2v) is 7.65. The van der Waals surface area contributed by atoms with Gasteiger partial charge in [-0.05, 0) is 46.7 Å². The SMILES string of the molecule is O=C(CCS(=O)(=O)c1cccc2nonc12)Nc1ccc(OC(F)(F)F)cc1. The Bertz CT molecular complexity index is 1090. The van der Waals surface area contributed by atoms with Crippen LogP contribution in [0.25, 0.3) is 11.0 Å². The number of amides is 1. The first-order chi connectivity index (χ1) is 13.1. The third kappa shape index (κ3) is 4.76. The van der Waals surface area contributed by atoms with Crippen LogP contribution in [-0.4, -0.2) is 36.8 Å². The Hall–Kier alpha value is -3.15. The van der Waals surface area contributed by atoms with Crippen LogP contribution in [-0.2, 0) is 14.6 Å². The van der Waals surface area contributed by atoms with E-state index in [1.54, 1.807) is 0 Å². The fourth-order valence-corrected chi connectivity index (χ4v) is 3.73. The number of sulfone groups is 1. The first-order valence-corrected chi connectivity index (χ1v) is 9.39. The van der Waals surface area contributed by atoms with E-state index in [1.165, 1.54) is 30.3 Å². The van der Waals surface area contributed by atoms with Crippen molar-refractivity contribution in [1.29, 1.82) is 0 Å². The van der Waals surface area contributed by atoms with E-state index in [0.717, 1.165) is 12.1 Å². The van der Waals surface area contributed by atoms with Crippen molar-refractivity contribution >= 4 is 32.5 Å². The van der Waals surface area contributed by atoms with Crippen molar-refractivity contribution in [2.45, 2.75) is 17.7 Å². The zero-order valence-corrected chi connectivity index (χ0v) is 14.7. The zero-order valence-electron chi connectivity index (χ0n) is 13.9. The number of alkyl halides is 3. The van der Waals surface area contributed by atoms with E-state index in [9.17, 15) is 26.4 Å². The standard InChI is InChI=1S/C16H12F3N3O5S/c17-16(18,19)26-11-6-4-10(5-7-11)20-14(23)8-9-28(24,25)13-3-1-2-12-15(13)22-27-21-12/h1-7H,8-9H2,(H,20,23). The summed E-state index contributed by atoms with van der Waals surface area (Å²) >= 11 is 0. The average Bonchev–Trinajstić information content (AvgIpc) is 3.09. The topological polar surface area (TPSA) is 111 Å². The number of ether oxygens (including phenoxy) is 1. The molecule has 3 aromatic rings. The summed E-state index contributed by atoms with van der Waals surface area (Å²) in [6.45, 7) is 0. The number of rotatable bonds is 6. The van der Waals surface area contributed by atoms with Gasteiger partial charge in [0.2, 0.25) is 5.91 Å². The number of fused-ring (bicyclic) bond motifs is 1. The third-order valence-electron chi connectivity index (χ3n) is 3.55. The maximum atomic E-state index is 12.5. The van der Waals surface area contributed by atoms with Gasteiger partial charge in [0.1, 0.15) is 11.3 Å². The van der Waals surface area contributed by atoms with Crippen LogP contribution in [0, 0.1) is 0 Å². The number of hydrogen-bond acceptors (Lipinski definition) is 7. The Kier molecular flexibility index (Phi) is 5.23. The molecule has 0 aliphatic heterocycles. The number of benzene rings is 2. The molecule has 3 rings (SSSR count). The lowest BCUT2D eigenvalue weighted by atomic mass is 10.3. The fourth-order valence-electron chi connectivity index (χ4n) is 2.33. The van der Waals surface area contributed by atoms with Crippen LogP contribution in [0.3, 0.4) is 0 Å². The molecule has 0 atom stereocenters. The number of anilines is 1. The average molecular weight is 415 g/mol. The molecule has 148 valence electrons. The number of aromatic nitrogens is 2. The minimum atomic E-state index is -4.82. The van der Waals surface area contributed by atoms with Gasteiger partial charge in [0, 0.05) is 12.1 Å². The Morgan fingerprint density at radius 1 is 1.11 bits per heavy atom. The number of carbonyl (C=O) groups excluding carboxylic acids is 1. The maximum Gasteiger partial charge on any atom is 0.573 e. The molecule has 8 nitrogen and oxygen atoms in total. The molecule has 0 fully saturated rings. The number of nitrogens with zero attached hydrogens (tertiary/aromatic N) is 2. The molecule has 0 unspecified atom stereocenters. The maximum absolute atomic E-state index is 12.5. The van der Waals surface area contributed by atoms with E-state index in [1.807, 2.05) is 0 Å². The molecule has 0 aliphatic rings. The molecule has 0 saturated heterocycles. The molecule has 0 saturated carbocycles. The smallest absolute Gasteiger partial charge is 0.406 e. The van der Waals surface area contributed by atoms with Crippen LogP contribution in [0.5, 0.6) is 5.75 Å². The van der Waals surface area contributed by atoms with E-state index in [-0.39, 0.29) is 28.0 Å². The van der Waals surface area contributed by atoms with E-state index in [2.05, 4.69) is 25.0 Å². The summed E-state index contributed by atoms with van der Waals surface area (Å²) < 4.78 is 69.5. The van der Waals surface area contributed by atoms with Gasteiger partial charge in [-0.15, -0.1) is 13.2 Å². The zero-order chi connectivity index (χ0) is 20.4. The number of carbonyl (C=O) groups is 1. The van der Waals surface area contributed by atoms with Crippen molar-refractivity contribution < 1.29 is 35.7 Å². The van der Waals surface area contributed by atoms with E-state index >= 15 is 0 Å². The second-order valence-electron chi connectivity index (χ2n) is 5.58. The molecule has 0 spiro atoms. The van der Waals surface area contributed by atoms with Gasteiger partial charge in [-0.3, -0.25) is 4.79 Å². The molecule has 12 heteroatoms. The first-order valence-electron chi connectivity index (χ1n) is 7.74. The summed E-state index contributed by atoms with van der Waals surface area (Å²) in [7, 11) is -3.84. The van der Waals surface area contributed by atoms with Crippen molar-refractivity contribution in [3.8, 4) is 5.75 Å². The summed E-state index contributed by atoms with van der Waals surface area (Å²) in [5, 5.41) is 9.52. The quantitative estimate of drug-likeness (QED) is 0.659. The van der Waals surface area contributed by atoms with Crippen LogP contribution in [0.15, 0.2) is 52.0 Å². The summed E-state index contributed by atoms with van der Waals surface area (Å²) in [6, 6.07) is 8.80. The Labute approximate surface area is 156 Å². The van der Waals surface area contributed by atoms with Gasteiger partial charge in [0.25, 0.3) is 0 Å². The van der Waals surface area contributed by atoms with Gasteiger partial charge in [-0.1, -0.05) is 6.07 Å². The Morgan fingerprint density at radius 2 is 1.82 bits per heavy atom. The van der Waals surface area contributed by atoms with Crippen LogP contribution < -0.4 is 10.1 Å².